The summed E-state index contributed by atoms with van der Waals surface area (Å²) in [7, 11) is 0. The van der Waals surface area contributed by atoms with Gasteiger partial charge >= 0.3 is 6.18 Å². The van der Waals surface area contributed by atoms with Crippen LogP contribution in [-0.2, 0) is 12.6 Å². The second-order valence-corrected chi connectivity index (χ2v) is 5.57. The summed E-state index contributed by atoms with van der Waals surface area (Å²) in [5, 5.41) is 2.87. The number of benzene rings is 1. The first-order chi connectivity index (χ1) is 10.9. The first-order valence-electron chi connectivity index (χ1n) is 7.44. The molecule has 4 nitrogen and oxygen atoms in total. The molecule has 1 unspecified atom stereocenters. The van der Waals surface area contributed by atoms with Crippen LogP contribution in [0.4, 0.5) is 24.8 Å². The molecule has 122 valence electrons. The van der Waals surface area contributed by atoms with Gasteiger partial charge in [-0.3, -0.25) is 0 Å². The summed E-state index contributed by atoms with van der Waals surface area (Å²) < 4.78 is 37.9. The topological polar surface area (TPSA) is 41.0 Å². The van der Waals surface area contributed by atoms with Gasteiger partial charge in [-0.2, -0.15) is 13.2 Å². The van der Waals surface area contributed by atoms with Gasteiger partial charge in [0.15, 0.2) is 0 Å². The number of fused-ring (bicyclic) bond motifs is 1. The monoisotopic (exact) mass is 322 g/mol. The van der Waals surface area contributed by atoms with Crippen LogP contribution in [0.15, 0.2) is 36.5 Å². The molecule has 0 saturated heterocycles. The summed E-state index contributed by atoms with van der Waals surface area (Å²) in [5.74, 6) is -0.0000369. The number of nitrogens with zero attached hydrogens (tertiary/aromatic N) is 3. The maximum atomic E-state index is 12.6. The third-order valence-corrected chi connectivity index (χ3v) is 3.93. The predicted octanol–water partition coefficient (Wildman–Crippen LogP) is 3.36. The standard InChI is InChI=1S/C16H17F3N4/c1-11-10-12-4-2-3-5-13(12)23(11)9-8-21-15-20-7-6-14(22-15)16(17,18)19/h2-7,11H,8-10H2,1H3,(H,20,21,22). The number of aromatic nitrogens is 2. The Balaban J connectivity index is 1.62. The van der Waals surface area contributed by atoms with E-state index in [4.69, 9.17) is 0 Å². The molecule has 1 aromatic carbocycles. The van der Waals surface area contributed by atoms with E-state index >= 15 is 0 Å². The SMILES string of the molecule is CC1Cc2ccccc2N1CCNc1nccc(C(F)(F)F)n1. The van der Waals surface area contributed by atoms with E-state index in [1.54, 1.807) is 0 Å². The molecule has 23 heavy (non-hydrogen) atoms. The van der Waals surface area contributed by atoms with E-state index in [0.717, 1.165) is 18.7 Å². The van der Waals surface area contributed by atoms with E-state index in [0.29, 0.717) is 19.1 Å². The second-order valence-electron chi connectivity index (χ2n) is 5.57. The molecule has 3 rings (SSSR count). The van der Waals surface area contributed by atoms with Crippen molar-refractivity contribution in [3.05, 3.63) is 47.8 Å². The van der Waals surface area contributed by atoms with Crippen LogP contribution in [0.3, 0.4) is 0 Å². The molecule has 0 bridgehead atoms. The zero-order valence-corrected chi connectivity index (χ0v) is 12.6. The van der Waals surface area contributed by atoms with Crippen molar-refractivity contribution >= 4 is 11.6 Å². The van der Waals surface area contributed by atoms with Gasteiger partial charge in [-0.1, -0.05) is 18.2 Å². The van der Waals surface area contributed by atoms with Crippen molar-refractivity contribution in [3.8, 4) is 0 Å². The molecule has 1 aliphatic rings. The van der Waals surface area contributed by atoms with E-state index in [1.165, 1.54) is 11.3 Å². The van der Waals surface area contributed by atoms with Crippen LogP contribution < -0.4 is 10.2 Å². The molecular weight excluding hydrogens is 305 g/mol. The van der Waals surface area contributed by atoms with Crippen molar-refractivity contribution in [1.29, 1.82) is 0 Å². The van der Waals surface area contributed by atoms with Crippen LogP contribution in [0.5, 0.6) is 0 Å². The highest BCUT2D eigenvalue weighted by Gasteiger charge is 2.32. The van der Waals surface area contributed by atoms with Crippen molar-refractivity contribution < 1.29 is 13.2 Å². The summed E-state index contributed by atoms with van der Waals surface area (Å²) in [6.45, 7) is 3.29. The number of halogens is 3. The lowest BCUT2D eigenvalue weighted by Gasteiger charge is -2.25. The Labute approximate surface area is 132 Å². The molecule has 0 radical (unpaired) electrons. The normalized spacial score (nSPS) is 17.2. The summed E-state index contributed by atoms with van der Waals surface area (Å²) in [4.78, 5) is 9.59. The maximum absolute atomic E-state index is 12.6. The van der Waals surface area contributed by atoms with Crippen molar-refractivity contribution in [2.75, 3.05) is 23.3 Å². The van der Waals surface area contributed by atoms with E-state index in [9.17, 15) is 13.2 Å². The van der Waals surface area contributed by atoms with Gasteiger partial charge in [0.1, 0.15) is 5.69 Å². The lowest BCUT2D eigenvalue weighted by molar-refractivity contribution is -0.141. The molecule has 0 fully saturated rings. The zero-order chi connectivity index (χ0) is 16.4. The maximum Gasteiger partial charge on any atom is 0.433 e. The highest BCUT2D eigenvalue weighted by atomic mass is 19.4. The molecule has 0 aliphatic carbocycles. The van der Waals surface area contributed by atoms with Crippen LogP contribution in [0, 0.1) is 0 Å². The zero-order valence-electron chi connectivity index (χ0n) is 12.6. The quantitative estimate of drug-likeness (QED) is 0.937. The number of anilines is 2. The Morgan fingerprint density at radius 1 is 1.26 bits per heavy atom. The molecule has 2 heterocycles. The van der Waals surface area contributed by atoms with Crippen molar-refractivity contribution in [3.63, 3.8) is 0 Å². The van der Waals surface area contributed by atoms with Gasteiger partial charge in [0.25, 0.3) is 0 Å². The minimum atomic E-state index is -4.46. The number of hydrogen-bond acceptors (Lipinski definition) is 4. The largest absolute Gasteiger partial charge is 0.433 e. The van der Waals surface area contributed by atoms with E-state index < -0.39 is 11.9 Å². The summed E-state index contributed by atoms with van der Waals surface area (Å²) in [5.41, 5.74) is 1.55. The van der Waals surface area contributed by atoms with Crippen LogP contribution in [0.25, 0.3) is 0 Å². The molecule has 1 atom stereocenters. The van der Waals surface area contributed by atoms with Crippen LogP contribution in [0.2, 0.25) is 0 Å². The van der Waals surface area contributed by atoms with Crippen molar-refractivity contribution in [2.24, 2.45) is 0 Å². The Bertz CT molecular complexity index is 687. The van der Waals surface area contributed by atoms with Gasteiger partial charge in [0.2, 0.25) is 5.95 Å². The first-order valence-corrected chi connectivity index (χ1v) is 7.44. The van der Waals surface area contributed by atoms with Gasteiger partial charge in [-0.05, 0) is 31.0 Å². The summed E-state index contributed by atoms with van der Waals surface area (Å²) in [6.07, 6.45) is -2.36. The average molecular weight is 322 g/mol. The summed E-state index contributed by atoms with van der Waals surface area (Å²) in [6, 6.07) is 9.42. The van der Waals surface area contributed by atoms with Crippen molar-refractivity contribution in [2.45, 2.75) is 25.6 Å². The fourth-order valence-electron chi connectivity index (χ4n) is 2.86. The Morgan fingerprint density at radius 3 is 2.83 bits per heavy atom. The molecular formula is C16H17F3N4. The molecule has 1 aliphatic heterocycles. The lowest BCUT2D eigenvalue weighted by atomic mass is 10.1. The Kier molecular flexibility index (Phi) is 4.11. The average Bonchev–Trinajstić information content (AvgIpc) is 2.83. The fraction of sp³-hybridized carbons (Fsp3) is 0.375. The first kappa shape index (κ1) is 15.6. The van der Waals surface area contributed by atoms with Crippen LogP contribution in [-0.4, -0.2) is 29.1 Å². The summed E-state index contributed by atoms with van der Waals surface area (Å²) >= 11 is 0. The van der Waals surface area contributed by atoms with Crippen LogP contribution in [0.1, 0.15) is 18.2 Å². The van der Waals surface area contributed by atoms with Gasteiger partial charge in [-0.15, -0.1) is 0 Å². The number of rotatable bonds is 4. The number of para-hydroxylation sites is 1. The fourth-order valence-corrected chi connectivity index (χ4v) is 2.86. The van der Waals surface area contributed by atoms with Gasteiger partial charge < -0.3 is 10.2 Å². The molecule has 7 heteroatoms. The lowest BCUT2D eigenvalue weighted by Crippen LogP contribution is -2.34. The number of alkyl halides is 3. The Morgan fingerprint density at radius 2 is 2.04 bits per heavy atom. The minimum Gasteiger partial charge on any atom is -0.367 e. The minimum absolute atomic E-state index is 0.0000369. The molecule has 0 amide bonds. The molecule has 0 spiro atoms. The highest BCUT2D eigenvalue weighted by Crippen LogP contribution is 2.31. The number of hydrogen-bond donors (Lipinski definition) is 1. The van der Waals surface area contributed by atoms with E-state index in [-0.39, 0.29) is 5.95 Å². The predicted molar refractivity (Wildman–Crippen MR) is 82.5 cm³/mol. The third kappa shape index (κ3) is 3.38. The smallest absolute Gasteiger partial charge is 0.367 e. The number of nitrogens with one attached hydrogen (secondary N) is 1. The van der Waals surface area contributed by atoms with Crippen molar-refractivity contribution in [1.82, 2.24) is 9.97 Å². The second kappa shape index (κ2) is 6.06. The van der Waals surface area contributed by atoms with E-state index in [2.05, 4.69) is 39.2 Å². The van der Waals surface area contributed by atoms with Gasteiger partial charge in [0, 0.05) is 31.0 Å². The van der Waals surface area contributed by atoms with Gasteiger partial charge in [-0.25, -0.2) is 9.97 Å². The highest BCUT2D eigenvalue weighted by molar-refractivity contribution is 5.59. The third-order valence-electron chi connectivity index (χ3n) is 3.93. The molecule has 2 aromatic rings. The molecule has 0 saturated carbocycles. The molecule has 1 aromatic heterocycles. The van der Waals surface area contributed by atoms with Crippen LogP contribution >= 0.6 is 0 Å². The van der Waals surface area contributed by atoms with E-state index in [1.807, 2.05) is 12.1 Å². The molecule has 1 N–H and O–H groups in total. The Hall–Kier alpha value is -2.31. The van der Waals surface area contributed by atoms with Gasteiger partial charge in [0.05, 0.1) is 0 Å².